The van der Waals surface area contributed by atoms with Crippen LogP contribution in [0.25, 0.3) is 0 Å². The fraction of sp³-hybridized carbons (Fsp3) is 0.667. The smallest absolute Gasteiger partial charge is 0.122 e. The van der Waals surface area contributed by atoms with E-state index in [1.165, 1.54) is 30.4 Å². The van der Waals surface area contributed by atoms with E-state index < -0.39 is 0 Å². The van der Waals surface area contributed by atoms with Crippen molar-refractivity contribution in [3.05, 3.63) is 29.3 Å². The van der Waals surface area contributed by atoms with Crippen LogP contribution in [0.3, 0.4) is 0 Å². The van der Waals surface area contributed by atoms with Crippen molar-refractivity contribution in [3.8, 4) is 5.75 Å². The van der Waals surface area contributed by atoms with Crippen molar-refractivity contribution in [3.63, 3.8) is 0 Å². The summed E-state index contributed by atoms with van der Waals surface area (Å²) in [6.07, 6.45) is 4.93. The van der Waals surface area contributed by atoms with Crippen molar-refractivity contribution >= 4 is 0 Å². The number of hydrogen-bond donors (Lipinski definition) is 1. The monoisotopic (exact) mass is 290 g/mol. The molecule has 0 amide bonds. The first kappa shape index (κ1) is 16.3. The zero-order valence-electron chi connectivity index (χ0n) is 13.8. The van der Waals surface area contributed by atoms with E-state index in [1.807, 2.05) is 0 Å². The maximum atomic E-state index is 5.95. The fourth-order valence-electron chi connectivity index (χ4n) is 3.29. The van der Waals surface area contributed by atoms with Gasteiger partial charge in [-0.1, -0.05) is 18.6 Å². The Kier molecular flexibility index (Phi) is 6.07. The van der Waals surface area contributed by atoms with Crippen LogP contribution in [0.1, 0.15) is 43.7 Å². The molecular weight excluding hydrogens is 260 g/mol. The van der Waals surface area contributed by atoms with E-state index >= 15 is 0 Å². The summed E-state index contributed by atoms with van der Waals surface area (Å²) in [5, 5.41) is 0. The molecule has 1 saturated heterocycles. The van der Waals surface area contributed by atoms with E-state index in [1.54, 1.807) is 0 Å². The zero-order valence-corrected chi connectivity index (χ0v) is 13.8. The first-order chi connectivity index (χ1) is 10.1. The van der Waals surface area contributed by atoms with Gasteiger partial charge in [-0.3, -0.25) is 4.90 Å². The summed E-state index contributed by atoms with van der Waals surface area (Å²) in [7, 11) is 0. The summed E-state index contributed by atoms with van der Waals surface area (Å²) >= 11 is 0. The lowest BCUT2D eigenvalue weighted by Crippen LogP contribution is -2.49. The van der Waals surface area contributed by atoms with Gasteiger partial charge in [-0.05, 0) is 57.2 Å². The molecule has 3 heteroatoms. The average molecular weight is 290 g/mol. The molecule has 3 nitrogen and oxygen atoms in total. The van der Waals surface area contributed by atoms with Crippen LogP contribution in [0.15, 0.2) is 18.2 Å². The fourth-order valence-corrected chi connectivity index (χ4v) is 3.29. The Labute approximate surface area is 129 Å². The van der Waals surface area contributed by atoms with E-state index in [-0.39, 0.29) is 0 Å². The van der Waals surface area contributed by atoms with Crippen LogP contribution < -0.4 is 10.5 Å². The minimum Gasteiger partial charge on any atom is -0.493 e. The van der Waals surface area contributed by atoms with E-state index in [4.69, 9.17) is 10.5 Å². The Bertz CT molecular complexity index is 447. The highest BCUT2D eigenvalue weighted by atomic mass is 16.5. The predicted molar refractivity (Wildman–Crippen MR) is 88.9 cm³/mol. The number of benzene rings is 1. The van der Waals surface area contributed by atoms with Gasteiger partial charge in [0.25, 0.3) is 0 Å². The molecule has 118 valence electrons. The van der Waals surface area contributed by atoms with Crippen molar-refractivity contribution < 1.29 is 4.74 Å². The second-order valence-corrected chi connectivity index (χ2v) is 6.38. The number of hydrogen-bond acceptors (Lipinski definition) is 3. The Morgan fingerprint density at radius 3 is 2.86 bits per heavy atom. The number of ether oxygens (including phenoxy) is 1. The summed E-state index contributed by atoms with van der Waals surface area (Å²) in [6, 6.07) is 7.61. The van der Waals surface area contributed by atoms with Gasteiger partial charge in [0.05, 0.1) is 6.61 Å². The number of likely N-dealkylation sites (tertiary alicyclic amines) is 1. The molecule has 0 bridgehead atoms. The van der Waals surface area contributed by atoms with Gasteiger partial charge in [0.15, 0.2) is 0 Å². The Morgan fingerprint density at radius 1 is 1.29 bits per heavy atom. The third-order valence-corrected chi connectivity index (χ3v) is 4.63. The SMILES string of the molecule is Cc1ccc(C)c(OCCCN2C(C)CCCC2CN)c1. The molecule has 0 aliphatic carbocycles. The first-order valence-corrected chi connectivity index (χ1v) is 8.27. The highest BCUT2D eigenvalue weighted by Crippen LogP contribution is 2.23. The van der Waals surface area contributed by atoms with Crippen molar-refractivity contribution in [2.75, 3.05) is 19.7 Å². The van der Waals surface area contributed by atoms with Crippen LogP contribution in [0.2, 0.25) is 0 Å². The summed E-state index contributed by atoms with van der Waals surface area (Å²) < 4.78 is 5.95. The van der Waals surface area contributed by atoms with Crippen molar-refractivity contribution in [1.82, 2.24) is 4.90 Å². The largest absolute Gasteiger partial charge is 0.493 e. The number of rotatable bonds is 6. The molecule has 1 aromatic carbocycles. The summed E-state index contributed by atoms with van der Waals surface area (Å²) in [6.45, 7) is 9.19. The molecule has 1 fully saturated rings. The molecule has 0 aromatic heterocycles. The molecule has 2 rings (SSSR count). The minimum absolute atomic E-state index is 0.564. The zero-order chi connectivity index (χ0) is 15.2. The molecule has 0 radical (unpaired) electrons. The lowest BCUT2D eigenvalue weighted by Gasteiger charge is -2.40. The van der Waals surface area contributed by atoms with Crippen LogP contribution in [0.4, 0.5) is 0 Å². The van der Waals surface area contributed by atoms with Crippen LogP contribution in [-0.2, 0) is 0 Å². The van der Waals surface area contributed by atoms with E-state index in [0.717, 1.165) is 31.9 Å². The third-order valence-electron chi connectivity index (χ3n) is 4.63. The van der Waals surface area contributed by atoms with E-state index in [2.05, 4.69) is 43.9 Å². The molecule has 0 saturated carbocycles. The second-order valence-electron chi connectivity index (χ2n) is 6.38. The van der Waals surface area contributed by atoms with Crippen molar-refractivity contribution in [1.29, 1.82) is 0 Å². The molecule has 2 N–H and O–H groups in total. The second kappa shape index (κ2) is 7.81. The van der Waals surface area contributed by atoms with Gasteiger partial charge in [-0.15, -0.1) is 0 Å². The number of piperidine rings is 1. The molecule has 2 atom stereocenters. The summed E-state index contributed by atoms with van der Waals surface area (Å²) in [5.41, 5.74) is 8.38. The molecule has 1 aliphatic rings. The van der Waals surface area contributed by atoms with Gasteiger partial charge < -0.3 is 10.5 Å². The lowest BCUT2D eigenvalue weighted by molar-refractivity contribution is 0.0903. The highest BCUT2D eigenvalue weighted by Gasteiger charge is 2.26. The van der Waals surface area contributed by atoms with Gasteiger partial charge in [-0.25, -0.2) is 0 Å². The number of nitrogens with two attached hydrogens (primary N) is 1. The molecular formula is C18H30N2O. The van der Waals surface area contributed by atoms with Gasteiger partial charge >= 0.3 is 0 Å². The Morgan fingerprint density at radius 2 is 2.10 bits per heavy atom. The van der Waals surface area contributed by atoms with Crippen LogP contribution >= 0.6 is 0 Å². The van der Waals surface area contributed by atoms with Crippen LogP contribution in [-0.4, -0.2) is 36.7 Å². The molecule has 1 aromatic rings. The quantitative estimate of drug-likeness (QED) is 0.817. The maximum Gasteiger partial charge on any atom is 0.122 e. The first-order valence-electron chi connectivity index (χ1n) is 8.27. The Hall–Kier alpha value is -1.06. The van der Waals surface area contributed by atoms with Crippen LogP contribution in [0, 0.1) is 13.8 Å². The molecule has 0 spiro atoms. The van der Waals surface area contributed by atoms with Crippen molar-refractivity contribution in [2.24, 2.45) is 5.73 Å². The molecule has 21 heavy (non-hydrogen) atoms. The number of aryl methyl sites for hydroxylation is 2. The van der Waals surface area contributed by atoms with E-state index in [9.17, 15) is 0 Å². The average Bonchev–Trinajstić information content (AvgIpc) is 2.48. The van der Waals surface area contributed by atoms with Crippen LogP contribution in [0.5, 0.6) is 5.75 Å². The van der Waals surface area contributed by atoms with Gasteiger partial charge in [0.1, 0.15) is 5.75 Å². The van der Waals surface area contributed by atoms with Gasteiger partial charge in [0, 0.05) is 25.2 Å². The third kappa shape index (κ3) is 4.45. The minimum atomic E-state index is 0.564. The molecule has 2 unspecified atom stereocenters. The molecule has 1 aliphatic heterocycles. The summed E-state index contributed by atoms with van der Waals surface area (Å²) in [4.78, 5) is 2.58. The lowest BCUT2D eigenvalue weighted by atomic mass is 9.96. The highest BCUT2D eigenvalue weighted by molar-refractivity contribution is 5.35. The topological polar surface area (TPSA) is 38.5 Å². The predicted octanol–water partition coefficient (Wildman–Crippen LogP) is 3.27. The standard InChI is InChI=1S/C18H30N2O/c1-14-8-9-15(2)18(12-14)21-11-5-10-20-16(3)6-4-7-17(20)13-19/h8-9,12,16-17H,4-7,10-11,13,19H2,1-3H3. The van der Waals surface area contributed by atoms with Gasteiger partial charge in [-0.2, -0.15) is 0 Å². The van der Waals surface area contributed by atoms with Crippen molar-refractivity contribution in [2.45, 2.75) is 58.5 Å². The Balaban J connectivity index is 1.79. The number of nitrogens with zero attached hydrogens (tertiary/aromatic N) is 1. The normalized spacial score (nSPS) is 23.2. The van der Waals surface area contributed by atoms with Gasteiger partial charge in [0.2, 0.25) is 0 Å². The van der Waals surface area contributed by atoms with E-state index in [0.29, 0.717) is 12.1 Å². The summed E-state index contributed by atoms with van der Waals surface area (Å²) in [5.74, 6) is 1.03. The molecule has 1 heterocycles. The maximum absolute atomic E-state index is 5.95.